The molecule has 1 unspecified atom stereocenters. The molecule has 1 aromatic rings. The van der Waals surface area contributed by atoms with Crippen molar-refractivity contribution < 1.29 is 4.79 Å². The van der Waals surface area contributed by atoms with Crippen molar-refractivity contribution in [1.82, 2.24) is 14.5 Å². The van der Waals surface area contributed by atoms with Gasteiger partial charge in [-0.3, -0.25) is 4.79 Å². The highest BCUT2D eigenvalue weighted by Crippen LogP contribution is 2.29. The molecule has 1 amide bonds. The maximum atomic E-state index is 12.5. The Bertz CT molecular complexity index is 441. The van der Waals surface area contributed by atoms with Gasteiger partial charge < -0.3 is 4.90 Å². The van der Waals surface area contributed by atoms with Crippen LogP contribution in [0.15, 0.2) is 0 Å². The van der Waals surface area contributed by atoms with Crippen LogP contribution in [0.5, 0.6) is 0 Å². The number of hydrogen-bond donors (Lipinski definition) is 0. The molecule has 6 heteroatoms. The number of carbonyl (C=O) groups excluding carboxylic acids is 1. The number of likely N-dealkylation sites (tertiary alicyclic amines) is 1. The van der Waals surface area contributed by atoms with Gasteiger partial charge in [-0.05, 0) is 24.4 Å². The van der Waals surface area contributed by atoms with Crippen LogP contribution in [0.3, 0.4) is 0 Å². The quantitative estimate of drug-likeness (QED) is 0.786. The molecule has 2 heterocycles. The molecule has 0 bridgehead atoms. The number of nitrogens with zero attached hydrogens (tertiary/aromatic N) is 3. The number of amides is 1. The smallest absolute Gasteiger partial charge is 0.267 e. The molecule has 0 N–H and O–H groups in total. The lowest BCUT2D eigenvalue weighted by Crippen LogP contribution is -2.37. The first-order valence-corrected chi connectivity index (χ1v) is 7.45. The minimum absolute atomic E-state index is 0.0399. The Balaban J connectivity index is 2.27. The van der Waals surface area contributed by atoms with Gasteiger partial charge in [-0.15, -0.1) is 16.7 Å². The summed E-state index contributed by atoms with van der Waals surface area (Å²) < 4.78 is 3.94. The molecule has 1 fully saturated rings. The molecule has 0 saturated carbocycles. The van der Waals surface area contributed by atoms with Crippen molar-refractivity contribution in [3.8, 4) is 0 Å². The molecule has 0 radical (unpaired) electrons. The van der Waals surface area contributed by atoms with Crippen molar-refractivity contribution in [2.24, 2.45) is 0 Å². The molecule has 100 valence electrons. The first-order chi connectivity index (χ1) is 8.45. The molecule has 1 aromatic heterocycles. The van der Waals surface area contributed by atoms with Crippen LogP contribution in [-0.4, -0.2) is 38.9 Å². The highest BCUT2D eigenvalue weighted by Gasteiger charge is 2.34. The molecule has 1 aliphatic rings. The standard InChI is InChI=1S/C12H18ClN3OS/c1-12(2,3)10-9(18-15-14-10)11(17)16-6-4-5-8(16)7-13/h8H,4-7H2,1-3H3. The van der Waals surface area contributed by atoms with Crippen LogP contribution in [0.25, 0.3) is 0 Å². The Labute approximate surface area is 116 Å². The molecule has 0 aromatic carbocycles. The summed E-state index contributed by atoms with van der Waals surface area (Å²) in [5.41, 5.74) is 0.631. The van der Waals surface area contributed by atoms with E-state index in [1.54, 1.807) is 0 Å². The van der Waals surface area contributed by atoms with E-state index in [1.165, 1.54) is 11.5 Å². The van der Waals surface area contributed by atoms with Gasteiger partial charge in [0.25, 0.3) is 5.91 Å². The fourth-order valence-electron chi connectivity index (χ4n) is 2.22. The van der Waals surface area contributed by atoms with E-state index in [2.05, 4.69) is 9.59 Å². The van der Waals surface area contributed by atoms with Gasteiger partial charge in [-0.1, -0.05) is 25.3 Å². The second kappa shape index (κ2) is 5.13. The van der Waals surface area contributed by atoms with Gasteiger partial charge in [0.05, 0.1) is 5.69 Å². The third-order valence-corrected chi connectivity index (χ3v) is 4.28. The summed E-state index contributed by atoms with van der Waals surface area (Å²) in [4.78, 5) is 15.1. The summed E-state index contributed by atoms with van der Waals surface area (Å²) in [7, 11) is 0. The highest BCUT2D eigenvalue weighted by atomic mass is 35.5. The van der Waals surface area contributed by atoms with Gasteiger partial charge in [0.15, 0.2) is 0 Å². The van der Waals surface area contributed by atoms with Gasteiger partial charge in [0.1, 0.15) is 4.88 Å². The summed E-state index contributed by atoms with van der Waals surface area (Å²) in [6, 6.07) is 0.161. The zero-order chi connectivity index (χ0) is 13.3. The van der Waals surface area contributed by atoms with Crippen molar-refractivity contribution in [3.05, 3.63) is 10.6 Å². The predicted octanol–water partition coefficient (Wildman–Crippen LogP) is 2.68. The molecule has 1 atom stereocenters. The predicted molar refractivity (Wildman–Crippen MR) is 73.4 cm³/mol. The zero-order valence-electron chi connectivity index (χ0n) is 10.9. The van der Waals surface area contributed by atoms with Crippen molar-refractivity contribution in [2.45, 2.75) is 45.1 Å². The van der Waals surface area contributed by atoms with E-state index in [1.807, 2.05) is 25.7 Å². The van der Waals surface area contributed by atoms with E-state index in [0.29, 0.717) is 10.8 Å². The van der Waals surface area contributed by atoms with Gasteiger partial charge in [0.2, 0.25) is 0 Å². The lowest BCUT2D eigenvalue weighted by atomic mass is 9.91. The molecule has 1 saturated heterocycles. The third kappa shape index (κ3) is 2.52. The molecule has 4 nitrogen and oxygen atoms in total. The van der Waals surface area contributed by atoms with Crippen molar-refractivity contribution in [3.63, 3.8) is 0 Å². The van der Waals surface area contributed by atoms with Gasteiger partial charge in [-0.25, -0.2) is 0 Å². The van der Waals surface area contributed by atoms with Gasteiger partial charge in [-0.2, -0.15) is 0 Å². The number of rotatable bonds is 2. The second-order valence-electron chi connectivity index (χ2n) is 5.65. The maximum absolute atomic E-state index is 12.5. The molecular weight excluding hydrogens is 270 g/mol. The topological polar surface area (TPSA) is 46.1 Å². The Morgan fingerprint density at radius 3 is 2.89 bits per heavy atom. The third-order valence-electron chi connectivity index (χ3n) is 3.21. The summed E-state index contributed by atoms with van der Waals surface area (Å²) >= 11 is 7.10. The second-order valence-corrected chi connectivity index (χ2v) is 6.71. The van der Waals surface area contributed by atoms with Crippen LogP contribution in [-0.2, 0) is 5.41 Å². The summed E-state index contributed by atoms with van der Waals surface area (Å²) in [6.07, 6.45) is 2.02. The number of halogens is 1. The Morgan fingerprint density at radius 1 is 1.56 bits per heavy atom. The largest absolute Gasteiger partial charge is 0.334 e. The van der Waals surface area contributed by atoms with Crippen LogP contribution in [0.1, 0.15) is 49.0 Å². The lowest BCUT2D eigenvalue weighted by Gasteiger charge is -2.24. The molecule has 18 heavy (non-hydrogen) atoms. The fourth-order valence-corrected chi connectivity index (χ4v) is 3.37. The van der Waals surface area contributed by atoms with Crippen LogP contribution in [0.2, 0.25) is 0 Å². The Morgan fingerprint density at radius 2 is 2.28 bits per heavy atom. The molecule has 0 spiro atoms. The van der Waals surface area contributed by atoms with E-state index in [-0.39, 0.29) is 17.4 Å². The average Bonchev–Trinajstić information content (AvgIpc) is 2.95. The average molecular weight is 288 g/mol. The molecular formula is C12H18ClN3OS. The minimum atomic E-state index is -0.159. The summed E-state index contributed by atoms with van der Waals surface area (Å²) in [6.45, 7) is 6.92. The van der Waals surface area contributed by atoms with Crippen LogP contribution in [0, 0.1) is 0 Å². The molecule has 0 aliphatic carbocycles. The minimum Gasteiger partial charge on any atom is -0.334 e. The first-order valence-electron chi connectivity index (χ1n) is 6.15. The van der Waals surface area contributed by atoms with E-state index in [9.17, 15) is 4.79 Å². The summed E-state index contributed by atoms with van der Waals surface area (Å²) in [5.74, 6) is 0.543. The Kier molecular flexibility index (Phi) is 3.92. The maximum Gasteiger partial charge on any atom is 0.267 e. The molecule has 1 aliphatic heterocycles. The van der Waals surface area contributed by atoms with E-state index in [0.717, 1.165) is 25.1 Å². The SMILES string of the molecule is CC(C)(C)c1nnsc1C(=O)N1CCCC1CCl. The number of carbonyl (C=O) groups is 1. The molecule has 2 rings (SSSR count). The van der Waals surface area contributed by atoms with Crippen molar-refractivity contribution >= 4 is 29.0 Å². The normalized spacial score (nSPS) is 20.4. The van der Waals surface area contributed by atoms with Gasteiger partial charge in [0, 0.05) is 23.9 Å². The van der Waals surface area contributed by atoms with E-state index >= 15 is 0 Å². The number of hydrogen-bond acceptors (Lipinski definition) is 4. The van der Waals surface area contributed by atoms with Crippen LogP contribution >= 0.6 is 23.1 Å². The zero-order valence-corrected chi connectivity index (χ0v) is 12.5. The van der Waals surface area contributed by atoms with Crippen LogP contribution in [0.4, 0.5) is 0 Å². The fraction of sp³-hybridized carbons (Fsp3) is 0.750. The Hall–Kier alpha value is -0.680. The van der Waals surface area contributed by atoms with Crippen molar-refractivity contribution in [2.75, 3.05) is 12.4 Å². The van der Waals surface area contributed by atoms with Crippen LogP contribution < -0.4 is 0 Å². The highest BCUT2D eigenvalue weighted by molar-refractivity contribution is 7.08. The van der Waals surface area contributed by atoms with E-state index in [4.69, 9.17) is 11.6 Å². The number of alkyl halides is 1. The number of aromatic nitrogens is 2. The van der Waals surface area contributed by atoms with Gasteiger partial charge >= 0.3 is 0 Å². The lowest BCUT2D eigenvalue weighted by molar-refractivity contribution is 0.0751. The monoisotopic (exact) mass is 287 g/mol. The first kappa shape index (κ1) is 13.7. The van der Waals surface area contributed by atoms with E-state index < -0.39 is 0 Å². The summed E-state index contributed by atoms with van der Waals surface area (Å²) in [5, 5.41) is 4.12. The van der Waals surface area contributed by atoms with Crippen molar-refractivity contribution in [1.29, 1.82) is 0 Å².